The van der Waals surface area contributed by atoms with E-state index in [2.05, 4.69) is 76.9 Å². The van der Waals surface area contributed by atoms with E-state index in [-0.39, 0.29) is 0 Å². The number of fused-ring (bicyclic) bond motifs is 1. The Kier molecular flexibility index (Phi) is 10.8. The number of pyridine rings is 1. The first-order valence-electron chi connectivity index (χ1n) is 14.5. The summed E-state index contributed by atoms with van der Waals surface area (Å²) >= 11 is 0. The van der Waals surface area contributed by atoms with E-state index in [9.17, 15) is 4.79 Å². The molecule has 208 valence electrons. The lowest BCUT2D eigenvalue weighted by Gasteiger charge is -2.29. The number of unbranched alkanes of at least 4 members (excludes halogenated alkanes) is 1. The summed E-state index contributed by atoms with van der Waals surface area (Å²) in [5, 5.41) is 0. The van der Waals surface area contributed by atoms with Gasteiger partial charge >= 0.3 is 0 Å². The monoisotopic (exact) mass is 523 g/mol. The third kappa shape index (κ3) is 7.93. The molecular formula is C31H47N4O3+. The van der Waals surface area contributed by atoms with Gasteiger partial charge in [0, 0.05) is 32.2 Å². The van der Waals surface area contributed by atoms with Gasteiger partial charge in [-0.3, -0.25) is 4.90 Å². The van der Waals surface area contributed by atoms with Crippen LogP contribution < -0.4 is 18.9 Å². The number of nitrogens with zero attached hydrogens (tertiary/aromatic N) is 4. The van der Waals surface area contributed by atoms with Crippen LogP contribution in [0.4, 0.5) is 5.69 Å². The Morgan fingerprint density at radius 1 is 1.13 bits per heavy atom. The van der Waals surface area contributed by atoms with Gasteiger partial charge in [-0.15, -0.1) is 0 Å². The molecule has 1 aromatic carbocycles. The maximum absolute atomic E-state index is 11.1. The van der Waals surface area contributed by atoms with Gasteiger partial charge in [0.2, 0.25) is 6.79 Å². The van der Waals surface area contributed by atoms with Crippen LogP contribution in [-0.4, -0.2) is 75.2 Å². The molecule has 0 amide bonds. The third-order valence-corrected chi connectivity index (χ3v) is 8.14. The highest BCUT2D eigenvalue weighted by Gasteiger charge is 2.33. The first-order chi connectivity index (χ1) is 18.6. The highest BCUT2D eigenvalue weighted by Crippen LogP contribution is 2.39. The number of carbonyl (C=O) groups excluding carboxylic acids is 1. The smallest absolute Gasteiger partial charge is 0.231 e. The maximum atomic E-state index is 11.1. The topological polar surface area (TPSA) is 49.1 Å². The first-order valence-corrected chi connectivity index (χ1v) is 14.5. The molecule has 3 aliphatic heterocycles. The van der Waals surface area contributed by atoms with Crippen molar-refractivity contribution in [1.29, 1.82) is 0 Å². The molecule has 0 N–H and O–H groups in total. The van der Waals surface area contributed by atoms with Crippen molar-refractivity contribution in [1.82, 2.24) is 9.80 Å². The summed E-state index contributed by atoms with van der Waals surface area (Å²) in [6.45, 7) is 8.83. The lowest BCUT2D eigenvalue weighted by Crippen LogP contribution is -2.37. The molecule has 0 saturated carbocycles. The molecule has 2 atom stereocenters. The Morgan fingerprint density at radius 3 is 2.71 bits per heavy atom. The zero-order valence-corrected chi connectivity index (χ0v) is 23.7. The van der Waals surface area contributed by atoms with Crippen molar-refractivity contribution in [3.05, 3.63) is 48.3 Å². The van der Waals surface area contributed by atoms with Crippen LogP contribution in [0.2, 0.25) is 0 Å². The number of aryl methyl sites for hydroxylation is 1. The molecule has 5 rings (SSSR count). The molecule has 0 aliphatic carbocycles. The van der Waals surface area contributed by atoms with Crippen LogP contribution in [0.5, 0.6) is 11.5 Å². The predicted molar refractivity (Wildman–Crippen MR) is 152 cm³/mol. The van der Waals surface area contributed by atoms with E-state index in [1.807, 2.05) is 6.07 Å². The molecule has 2 saturated heterocycles. The number of carbonyl (C=O) groups is 1. The van der Waals surface area contributed by atoms with Gasteiger partial charge < -0.3 is 24.1 Å². The Morgan fingerprint density at radius 2 is 1.95 bits per heavy atom. The summed E-state index contributed by atoms with van der Waals surface area (Å²) in [6, 6.07) is 11.0. The highest BCUT2D eigenvalue weighted by molar-refractivity contribution is 5.52. The predicted octanol–water partition coefficient (Wildman–Crippen LogP) is 4.40. The number of hydrogen-bond donors (Lipinski definition) is 0. The quantitative estimate of drug-likeness (QED) is 0.340. The normalized spacial score (nSPS) is 21.1. The number of aromatic nitrogens is 1. The fourth-order valence-corrected chi connectivity index (χ4v) is 5.85. The van der Waals surface area contributed by atoms with E-state index in [0.29, 0.717) is 25.3 Å². The van der Waals surface area contributed by atoms with Gasteiger partial charge in [0.1, 0.15) is 19.0 Å². The van der Waals surface area contributed by atoms with Gasteiger partial charge in [0.25, 0.3) is 0 Å². The molecule has 1 aromatic heterocycles. The second-order valence-corrected chi connectivity index (χ2v) is 11.0. The van der Waals surface area contributed by atoms with Crippen LogP contribution in [0.25, 0.3) is 0 Å². The minimum absolute atomic E-state index is 0.319. The second kappa shape index (κ2) is 14.5. The number of rotatable bonds is 10. The number of aldehydes is 1. The van der Waals surface area contributed by atoms with E-state index in [1.165, 1.54) is 56.4 Å². The standard InChI is InChI=1S/C20H28N2O3.C11H19N2/c23-11-10-22-14-17(16-4-5-19-20(13-16)25-15-24-19)12-18(22)6-9-21-7-2-1-3-8-21;1-4-5-9-13(3)11-7-6-8-12(2)10-11/h4-5,11,13,17-18H,1-3,6-10,12,14-15H2;6-8,10H,4-5,9H2,1-3H3/q;+1. The molecule has 2 fully saturated rings. The summed E-state index contributed by atoms with van der Waals surface area (Å²) < 4.78 is 13.0. The molecule has 0 radical (unpaired) electrons. The molecular weight excluding hydrogens is 476 g/mol. The summed E-state index contributed by atoms with van der Waals surface area (Å²) in [7, 11) is 4.20. The summed E-state index contributed by atoms with van der Waals surface area (Å²) in [5.74, 6) is 2.17. The SMILES string of the molecule is CCCCN(C)c1ccc[n+](C)c1.O=CCN1CC(c2ccc3c(c2)OCO3)CC1CCN1CCCCC1. The fraction of sp³-hybridized carbons (Fsp3) is 0.613. The van der Waals surface area contributed by atoms with Gasteiger partial charge in [-0.2, -0.15) is 0 Å². The minimum atomic E-state index is 0.319. The van der Waals surface area contributed by atoms with Crippen molar-refractivity contribution < 1.29 is 18.8 Å². The number of benzene rings is 1. The molecule has 0 spiro atoms. The zero-order chi connectivity index (χ0) is 26.7. The average Bonchev–Trinajstić information content (AvgIpc) is 3.58. The van der Waals surface area contributed by atoms with Crippen molar-refractivity contribution in [3.8, 4) is 11.5 Å². The highest BCUT2D eigenvalue weighted by atomic mass is 16.7. The summed E-state index contributed by atoms with van der Waals surface area (Å²) in [4.78, 5) is 18.4. The Hall–Kier alpha value is -2.64. The van der Waals surface area contributed by atoms with Crippen LogP contribution in [0, 0.1) is 0 Å². The largest absolute Gasteiger partial charge is 0.454 e. The summed E-state index contributed by atoms with van der Waals surface area (Å²) in [5.41, 5.74) is 2.60. The molecule has 2 aromatic rings. The van der Waals surface area contributed by atoms with Crippen LogP contribution >= 0.6 is 0 Å². The van der Waals surface area contributed by atoms with Gasteiger partial charge in [-0.05, 0) is 81.4 Å². The molecule has 4 heterocycles. The van der Waals surface area contributed by atoms with Crippen LogP contribution in [0.15, 0.2) is 42.7 Å². The first kappa shape index (κ1) is 28.4. The van der Waals surface area contributed by atoms with Crippen molar-refractivity contribution in [2.24, 2.45) is 7.05 Å². The fourth-order valence-electron chi connectivity index (χ4n) is 5.85. The molecule has 7 nitrogen and oxygen atoms in total. The number of anilines is 1. The van der Waals surface area contributed by atoms with Crippen LogP contribution in [0.1, 0.15) is 63.4 Å². The molecule has 2 unspecified atom stereocenters. The lowest BCUT2D eigenvalue weighted by atomic mass is 9.95. The van der Waals surface area contributed by atoms with Crippen LogP contribution in [0.3, 0.4) is 0 Å². The van der Waals surface area contributed by atoms with E-state index < -0.39 is 0 Å². The van der Waals surface area contributed by atoms with Crippen molar-refractivity contribution in [2.45, 2.75) is 63.8 Å². The van der Waals surface area contributed by atoms with E-state index in [1.54, 1.807) is 0 Å². The third-order valence-electron chi connectivity index (χ3n) is 8.14. The number of piperidine rings is 1. The van der Waals surface area contributed by atoms with Crippen molar-refractivity contribution in [2.75, 3.05) is 58.0 Å². The summed E-state index contributed by atoms with van der Waals surface area (Å²) in [6.07, 6.45) is 14.1. The second-order valence-electron chi connectivity index (χ2n) is 11.0. The average molecular weight is 524 g/mol. The van der Waals surface area contributed by atoms with Crippen molar-refractivity contribution in [3.63, 3.8) is 0 Å². The number of likely N-dealkylation sites (tertiary alicyclic amines) is 2. The van der Waals surface area contributed by atoms with E-state index in [0.717, 1.165) is 50.3 Å². The Balaban J connectivity index is 0.000000219. The molecule has 7 heteroatoms. The van der Waals surface area contributed by atoms with Crippen molar-refractivity contribution >= 4 is 12.0 Å². The molecule has 3 aliphatic rings. The van der Waals surface area contributed by atoms with Crippen LogP contribution in [-0.2, 0) is 11.8 Å². The maximum Gasteiger partial charge on any atom is 0.231 e. The van der Waals surface area contributed by atoms with Gasteiger partial charge in [-0.25, -0.2) is 4.57 Å². The minimum Gasteiger partial charge on any atom is -0.454 e. The van der Waals surface area contributed by atoms with Gasteiger partial charge in [0.15, 0.2) is 23.9 Å². The number of hydrogen-bond acceptors (Lipinski definition) is 6. The van der Waals surface area contributed by atoms with E-state index >= 15 is 0 Å². The van der Waals surface area contributed by atoms with E-state index in [4.69, 9.17) is 9.47 Å². The zero-order valence-electron chi connectivity index (χ0n) is 23.7. The lowest BCUT2D eigenvalue weighted by molar-refractivity contribution is -0.670. The van der Waals surface area contributed by atoms with Gasteiger partial charge in [-0.1, -0.05) is 25.8 Å². The van der Waals surface area contributed by atoms with Gasteiger partial charge in [0.05, 0.1) is 6.54 Å². The Bertz CT molecular complexity index is 1010. The Labute approximate surface area is 229 Å². The molecule has 38 heavy (non-hydrogen) atoms. The number of ether oxygens (including phenoxy) is 2. The molecule has 0 bridgehead atoms.